The highest BCUT2D eigenvalue weighted by Crippen LogP contribution is 2.21. The molecule has 8 heteroatoms. The van der Waals surface area contributed by atoms with Gasteiger partial charge in [-0.05, 0) is 54.6 Å². The highest BCUT2D eigenvalue weighted by Gasteiger charge is 2.14. The van der Waals surface area contributed by atoms with Crippen LogP contribution in [-0.2, 0) is 10.0 Å². The Morgan fingerprint density at radius 3 is 2.04 bits per heavy atom. The van der Waals surface area contributed by atoms with E-state index in [9.17, 15) is 13.2 Å². The molecule has 0 heterocycles. The minimum Gasteiger partial charge on any atom is -0.308 e. The number of nitrogens with one attached hydrogen (secondary N) is 3. The van der Waals surface area contributed by atoms with Gasteiger partial charge in [-0.1, -0.05) is 40.2 Å². The first kappa shape index (κ1) is 18.9. The molecule has 3 N–H and O–H groups in total. The highest BCUT2D eigenvalue weighted by atomic mass is 79.9. The molecule has 6 nitrogen and oxygen atoms in total. The number of hydrogen-bond donors (Lipinski definition) is 3. The third kappa shape index (κ3) is 5.32. The number of anilines is 3. The third-order valence-corrected chi connectivity index (χ3v) is 5.45. The number of urea groups is 1. The van der Waals surface area contributed by atoms with Crippen molar-refractivity contribution in [3.63, 3.8) is 0 Å². The summed E-state index contributed by atoms with van der Waals surface area (Å²) < 4.78 is 28.2. The summed E-state index contributed by atoms with van der Waals surface area (Å²) >= 11 is 3.27. The summed E-state index contributed by atoms with van der Waals surface area (Å²) in [5, 5.41) is 5.37. The second kappa shape index (κ2) is 8.24. The summed E-state index contributed by atoms with van der Waals surface area (Å²) in [6, 6.07) is 21.4. The van der Waals surface area contributed by atoms with Crippen molar-refractivity contribution in [2.75, 3.05) is 15.4 Å². The van der Waals surface area contributed by atoms with Gasteiger partial charge in [-0.2, -0.15) is 0 Å². The maximum Gasteiger partial charge on any atom is 0.323 e. The lowest BCUT2D eigenvalue weighted by molar-refractivity contribution is 0.262. The fourth-order valence-corrected chi connectivity index (χ4v) is 3.62. The molecule has 0 unspecified atom stereocenters. The van der Waals surface area contributed by atoms with Crippen LogP contribution in [0.25, 0.3) is 0 Å². The van der Waals surface area contributed by atoms with Crippen LogP contribution in [0.4, 0.5) is 21.9 Å². The topological polar surface area (TPSA) is 87.3 Å². The smallest absolute Gasteiger partial charge is 0.308 e. The van der Waals surface area contributed by atoms with Crippen molar-refractivity contribution < 1.29 is 13.2 Å². The summed E-state index contributed by atoms with van der Waals surface area (Å²) in [7, 11) is -3.72. The fourth-order valence-electron chi connectivity index (χ4n) is 2.30. The van der Waals surface area contributed by atoms with Crippen LogP contribution in [0.1, 0.15) is 0 Å². The molecule has 2 amide bonds. The average Bonchev–Trinajstić information content (AvgIpc) is 2.62. The number of sulfonamides is 1. The van der Waals surface area contributed by atoms with Gasteiger partial charge in [0.2, 0.25) is 0 Å². The van der Waals surface area contributed by atoms with E-state index in [-0.39, 0.29) is 4.90 Å². The second-order valence-electron chi connectivity index (χ2n) is 5.59. The van der Waals surface area contributed by atoms with Gasteiger partial charge in [-0.25, -0.2) is 13.2 Å². The Morgan fingerprint density at radius 1 is 0.741 bits per heavy atom. The van der Waals surface area contributed by atoms with Crippen LogP contribution in [0.3, 0.4) is 0 Å². The lowest BCUT2D eigenvalue weighted by Gasteiger charge is -2.11. The van der Waals surface area contributed by atoms with Gasteiger partial charge in [0.05, 0.1) is 10.6 Å². The van der Waals surface area contributed by atoms with Crippen LogP contribution in [0, 0.1) is 0 Å². The number of rotatable bonds is 5. The molecule has 3 aromatic rings. The Labute approximate surface area is 165 Å². The molecule has 0 aliphatic heterocycles. The van der Waals surface area contributed by atoms with Crippen molar-refractivity contribution in [3.05, 3.63) is 83.3 Å². The molecule has 0 atom stereocenters. The predicted octanol–water partition coefficient (Wildman–Crippen LogP) is 4.89. The zero-order chi connectivity index (χ0) is 19.3. The molecule has 3 rings (SSSR count). The van der Waals surface area contributed by atoms with Gasteiger partial charge in [0.1, 0.15) is 0 Å². The van der Waals surface area contributed by atoms with Gasteiger partial charge < -0.3 is 10.6 Å². The van der Waals surface area contributed by atoms with Gasteiger partial charge in [0.25, 0.3) is 10.0 Å². The standard InChI is InChI=1S/C19H16BrN3O3S/c20-14-9-11-18(12-10-14)27(25,26)23-17-8-4-7-16(13-17)22-19(24)21-15-5-2-1-3-6-15/h1-13,23H,(H2,21,22,24). The van der Waals surface area contributed by atoms with E-state index in [4.69, 9.17) is 0 Å². The quantitative estimate of drug-likeness (QED) is 0.521. The summed E-state index contributed by atoms with van der Waals surface area (Å²) in [5.74, 6) is 0. The minimum absolute atomic E-state index is 0.144. The van der Waals surface area contributed by atoms with E-state index >= 15 is 0 Å². The molecule has 0 spiro atoms. The molecule has 0 bridgehead atoms. The summed E-state index contributed by atoms with van der Waals surface area (Å²) in [6.07, 6.45) is 0. The Kier molecular flexibility index (Phi) is 5.78. The first-order valence-corrected chi connectivity index (χ1v) is 10.2. The van der Waals surface area contributed by atoms with Gasteiger partial charge in [0, 0.05) is 15.8 Å². The summed E-state index contributed by atoms with van der Waals surface area (Å²) in [6.45, 7) is 0. The molecule has 138 valence electrons. The van der Waals surface area contributed by atoms with Gasteiger partial charge >= 0.3 is 6.03 Å². The lowest BCUT2D eigenvalue weighted by atomic mass is 10.3. The molecular weight excluding hydrogens is 430 g/mol. The zero-order valence-corrected chi connectivity index (χ0v) is 16.4. The molecule has 0 aliphatic rings. The molecular formula is C19H16BrN3O3S. The molecule has 0 saturated heterocycles. The monoisotopic (exact) mass is 445 g/mol. The Balaban J connectivity index is 1.70. The fraction of sp³-hybridized carbons (Fsp3) is 0. The lowest BCUT2D eigenvalue weighted by Crippen LogP contribution is -2.19. The Bertz CT molecular complexity index is 1040. The van der Waals surface area contributed by atoms with Crippen LogP contribution >= 0.6 is 15.9 Å². The van der Waals surface area contributed by atoms with E-state index in [0.29, 0.717) is 17.1 Å². The Morgan fingerprint density at radius 2 is 1.33 bits per heavy atom. The first-order valence-electron chi connectivity index (χ1n) is 7.94. The molecule has 0 fully saturated rings. The molecule has 3 aromatic carbocycles. The van der Waals surface area contributed by atoms with Gasteiger partial charge in [0.15, 0.2) is 0 Å². The van der Waals surface area contributed by atoms with Crippen LogP contribution in [0.5, 0.6) is 0 Å². The van der Waals surface area contributed by atoms with Gasteiger partial charge in [-0.3, -0.25) is 4.72 Å². The average molecular weight is 446 g/mol. The number of carbonyl (C=O) groups is 1. The van der Waals surface area contributed by atoms with Crippen LogP contribution < -0.4 is 15.4 Å². The van der Waals surface area contributed by atoms with E-state index in [1.54, 1.807) is 48.5 Å². The van der Waals surface area contributed by atoms with Crippen molar-refractivity contribution in [1.82, 2.24) is 0 Å². The zero-order valence-electron chi connectivity index (χ0n) is 14.0. The number of halogens is 1. The number of para-hydroxylation sites is 1. The van der Waals surface area contributed by atoms with Crippen LogP contribution in [0.2, 0.25) is 0 Å². The van der Waals surface area contributed by atoms with Crippen molar-refractivity contribution in [2.24, 2.45) is 0 Å². The van der Waals surface area contributed by atoms with Crippen LogP contribution in [0.15, 0.2) is 88.2 Å². The van der Waals surface area contributed by atoms with Crippen molar-refractivity contribution >= 4 is 49.0 Å². The first-order chi connectivity index (χ1) is 12.9. The second-order valence-corrected chi connectivity index (χ2v) is 8.18. The molecule has 27 heavy (non-hydrogen) atoms. The summed E-state index contributed by atoms with van der Waals surface area (Å²) in [4.78, 5) is 12.2. The number of amides is 2. The van der Waals surface area contributed by atoms with Crippen LogP contribution in [-0.4, -0.2) is 14.4 Å². The van der Waals surface area contributed by atoms with E-state index < -0.39 is 16.1 Å². The third-order valence-electron chi connectivity index (χ3n) is 3.53. The molecule has 0 radical (unpaired) electrons. The Hall–Kier alpha value is -2.84. The number of carbonyl (C=O) groups excluding carboxylic acids is 1. The van der Waals surface area contributed by atoms with E-state index in [1.807, 2.05) is 18.2 Å². The highest BCUT2D eigenvalue weighted by molar-refractivity contribution is 9.10. The SMILES string of the molecule is O=C(Nc1ccccc1)Nc1cccc(NS(=O)(=O)c2ccc(Br)cc2)c1. The number of hydrogen-bond acceptors (Lipinski definition) is 3. The van der Waals surface area contributed by atoms with E-state index in [2.05, 4.69) is 31.3 Å². The molecule has 0 aliphatic carbocycles. The van der Waals surface area contributed by atoms with Crippen molar-refractivity contribution in [3.8, 4) is 0 Å². The minimum atomic E-state index is -3.72. The normalized spacial score (nSPS) is 10.9. The van der Waals surface area contributed by atoms with Gasteiger partial charge in [-0.15, -0.1) is 0 Å². The van der Waals surface area contributed by atoms with E-state index in [0.717, 1.165) is 4.47 Å². The van der Waals surface area contributed by atoms with Crippen molar-refractivity contribution in [1.29, 1.82) is 0 Å². The van der Waals surface area contributed by atoms with E-state index in [1.165, 1.54) is 12.1 Å². The molecule has 0 saturated carbocycles. The largest absolute Gasteiger partial charge is 0.323 e. The maximum atomic E-state index is 12.5. The number of benzene rings is 3. The maximum absolute atomic E-state index is 12.5. The summed E-state index contributed by atoms with van der Waals surface area (Å²) in [5.41, 5.74) is 1.46. The van der Waals surface area contributed by atoms with Crippen molar-refractivity contribution in [2.45, 2.75) is 4.90 Å². The predicted molar refractivity (Wildman–Crippen MR) is 110 cm³/mol. The molecule has 0 aromatic heterocycles.